The highest BCUT2D eigenvalue weighted by Gasteiger charge is 2.15. The van der Waals surface area contributed by atoms with Crippen LogP contribution in [0.25, 0.3) is 5.69 Å². The van der Waals surface area contributed by atoms with Crippen molar-refractivity contribution in [2.45, 2.75) is 33.7 Å². The molecule has 0 saturated heterocycles. The van der Waals surface area contributed by atoms with Gasteiger partial charge in [0.2, 0.25) is 0 Å². The summed E-state index contributed by atoms with van der Waals surface area (Å²) in [5.41, 5.74) is 3.53. The maximum absolute atomic E-state index is 12.4. The highest BCUT2D eigenvalue weighted by atomic mass is 16.1. The Balaban J connectivity index is 1.73. The minimum atomic E-state index is -0.266. The average molecular weight is 324 g/mol. The lowest BCUT2D eigenvalue weighted by Crippen LogP contribution is -2.27. The van der Waals surface area contributed by atoms with Gasteiger partial charge in [0.05, 0.1) is 17.4 Å². The van der Waals surface area contributed by atoms with Gasteiger partial charge in [-0.15, -0.1) is 0 Å². The van der Waals surface area contributed by atoms with Gasteiger partial charge in [-0.05, 0) is 58.0 Å². The Bertz CT molecular complexity index is 862. The van der Waals surface area contributed by atoms with Crippen LogP contribution < -0.4 is 5.32 Å². The van der Waals surface area contributed by atoms with E-state index in [1.807, 2.05) is 50.6 Å². The molecule has 3 rings (SSSR count). The Morgan fingerprint density at radius 3 is 2.46 bits per heavy atom. The van der Waals surface area contributed by atoms with Crippen molar-refractivity contribution in [3.8, 4) is 5.69 Å². The number of aryl methyl sites for hydroxylation is 3. The second kappa shape index (κ2) is 6.27. The first-order chi connectivity index (χ1) is 11.4. The number of hydrogen-bond donors (Lipinski definition) is 2. The summed E-state index contributed by atoms with van der Waals surface area (Å²) in [5, 5.41) is 14.2. The van der Waals surface area contributed by atoms with Gasteiger partial charge in [-0.3, -0.25) is 9.89 Å². The van der Waals surface area contributed by atoms with Crippen LogP contribution in [0.5, 0.6) is 0 Å². The molecule has 0 spiro atoms. The number of aromatic amines is 1. The zero-order valence-corrected chi connectivity index (χ0v) is 14.2. The number of rotatable bonds is 4. The molecule has 7 nitrogen and oxygen atoms in total. The molecule has 1 atom stereocenters. The molecule has 0 bridgehead atoms. The minimum absolute atomic E-state index is 0.162. The number of hydrogen-bond acceptors (Lipinski definition) is 4. The largest absolute Gasteiger partial charge is 0.342 e. The number of nitrogens with one attached hydrogen (secondary N) is 2. The van der Waals surface area contributed by atoms with E-state index in [-0.39, 0.29) is 11.9 Å². The van der Waals surface area contributed by atoms with Crippen molar-refractivity contribution in [3.05, 3.63) is 58.9 Å². The lowest BCUT2D eigenvalue weighted by Gasteiger charge is -2.11. The van der Waals surface area contributed by atoms with E-state index in [0.717, 1.165) is 22.9 Å². The zero-order chi connectivity index (χ0) is 17.3. The van der Waals surface area contributed by atoms with E-state index in [4.69, 9.17) is 0 Å². The third-order valence-electron chi connectivity index (χ3n) is 3.73. The smallest absolute Gasteiger partial charge is 0.251 e. The van der Waals surface area contributed by atoms with Crippen molar-refractivity contribution in [3.63, 3.8) is 0 Å². The molecule has 2 aromatic heterocycles. The molecular weight excluding hydrogens is 304 g/mol. The van der Waals surface area contributed by atoms with Gasteiger partial charge in [0, 0.05) is 11.3 Å². The summed E-state index contributed by atoms with van der Waals surface area (Å²) >= 11 is 0. The number of carbonyl (C=O) groups is 1. The number of carbonyl (C=O) groups excluding carboxylic acids is 1. The number of aromatic nitrogens is 5. The summed E-state index contributed by atoms with van der Waals surface area (Å²) in [6.45, 7) is 7.63. The molecule has 7 heteroatoms. The van der Waals surface area contributed by atoms with E-state index in [2.05, 4.69) is 25.6 Å². The number of benzene rings is 1. The summed E-state index contributed by atoms with van der Waals surface area (Å²) in [4.78, 5) is 16.6. The van der Waals surface area contributed by atoms with E-state index < -0.39 is 0 Å². The molecule has 3 aromatic rings. The second-order valence-corrected chi connectivity index (χ2v) is 5.86. The van der Waals surface area contributed by atoms with Crippen LogP contribution in [0.2, 0.25) is 0 Å². The molecule has 0 fully saturated rings. The quantitative estimate of drug-likeness (QED) is 0.771. The van der Waals surface area contributed by atoms with E-state index in [1.165, 1.54) is 0 Å². The predicted molar refractivity (Wildman–Crippen MR) is 90.0 cm³/mol. The molecule has 1 aromatic carbocycles. The highest BCUT2D eigenvalue weighted by Crippen LogP contribution is 2.14. The maximum Gasteiger partial charge on any atom is 0.251 e. The predicted octanol–water partition coefficient (Wildman–Crippen LogP) is 2.41. The highest BCUT2D eigenvalue weighted by molar-refractivity contribution is 5.94. The van der Waals surface area contributed by atoms with Crippen molar-refractivity contribution in [1.29, 1.82) is 0 Å². The summed E-state index contributed by atoms with van der Waals surface area (Å²) in [7, 11) is 0. The lowest BCUT2D eigenvalue weighted by atomic mass is 10.1. The van der Waals surface area contributed by atoms with Gasteiger partial charge >= 0.3 is 0 Å². The summed E-state index contributed by atoms with van der Waals surface area (Å²) in [6.07, 6.45) is 0. The van der Waals surface area contributed by atoms with E-state index in [1.54, 1.807) is 12.1 Å². The first-order valence-corrected chi connectivity index (χ1v) is 7.77. The Kier molecular flexibility index (Phi) is 4.16. The third-order valence-corrected chi connectivity index (χ3v) is 3.73. The first-order valence-electron chi connectivity index (χ1n) is 7.77. The van der Waals surface area contributed by atoms with E-state index in [0.29, 0.717) is 11.4 Å². The van der Waals surface area contributed by atoms with Gasteiger partial charge in [0.15, 0.2) is 5.82 Å². The number of nitrogens with zero attached hydrogens (tertiary/aromatic N) is 4. The standard InChI is InChI=1S/C17H20N6O/c1-10-9-11(2)23(22-10)15-7-5-14(6-8-15)17(24)18-12(3)16-19-13(4)20-21-16/h5-9,12H,1-4H3,(H,18,24)(H,19,20,21)/t12-/m1/s1. The molecule has 0 radical (unpaired) electrons. The lowest BCUT2D eigenvalue weighted by molar-refractivity contribution is 0.0938. The number of H-pyrrole nitrogens is 1. The van der Waals surface area contributed by atoms with E-state index in [9.17, 15) is 4.79 Å². The first kappa shape index (κ1) is 15.9. The van der Waals surface area contributed by atoms with Crippen molar-refractivity contribution >= 4 is 5.91 Å². The molecule has 0 aliphatic carbocycles. The Labute approximate surface area is 140 Å². The SMILES string of the molecule is Cc1cc(C)n(-c2ccc(C(=O)N[C@H](C)c3n[nH]c(C)n3)cc2)n1. The van der Waals surface area contributed by atoms with Crippen LogP contribution in [-0.4, -0.2) is 30.9 Å². The monoisotopic (exact) mass is 324 g/mol. The van der Waals surface area contributed by atoms with Crippen LogP contribution in [0.3, 0.4) is 0 Å². The minimum Gasteiger partial charge on any atom is -0.342 e. The Morgan fingerprint density at radius 1 is 1.21 bits per heavy atom. The molecule has 0 aliphatic rings. The molecule has 124 valence electrons. The molecule has 24 heavy (non-hydrogen) atoms. The molecule has 2 N–H and O–H groups in total. The van der Waals surface area contributed by atoms with Crippen LogP contribution in [-0.2, 0) is 0 Å². The van der Waals surface area contributed by atoms with Crippen molar-refractivity contribution in [1.82, 2.24) is 30.3 Å². The van der Waals surface area contributed by atoms with Gasteiger partial charge in [-0.2, -0.15) is 10.2 Å². The molecule has 0 saturated carbocycles. The maximum atomic E-state index is 12.4. The van der Waals surface area contributed by atoms with Crippen LogP contribution in [0.1, 0.15) is 46.4 Å². The van der Waals surface area contributed by atoms with Crippen molar-refractivity contribution in [2.24, 2.45) is 0 Å². The molecular formula is C17H20N6O. The summed E-state index contributed by atoms with van der Waals surface area (Å²) in [5.74, 6) is 1.13. The summed E-state index contributed by atoms with van der Waals surface area (Å²) in [6, 6.07) is 9.10. The zero-order valence-electron chi connectivity index (χ0n) is 14.2. The van der Waals surface area contributed by atoms with E-state index >= 15 is 0 Å². The van der Waals surface area contributed by atoms with Gasteiger partial charge in [-0.25, -0.2) is 9.67 Å². The van der Waals surface area contributed by atoms with Gasteiger partial charge in [-0.1, -0.05) is 0 Å². The van der Waals surface area contributed by atoms with Gasteiger partial charge in [0.25, 0.3) is 5.91 Å². The molecule has 0 unspecified atom stereocenters. The van der Waals surface area contributed by atoms with Crippen LogP contribution >= 0.6 is 0 Å². The normalized spacial score (nSPS) is 12.2. The molecule has 2 heterocycles. The number of amides is 1. The Hall–Kier alpha value is -2.96. The van der Waals surface area contributed by atoms with Gasteiger partial charge in [0.1, 0.15) is 5.82 Å². The average Bonchev–Trinajstić information content (AvgIpc) is 3.13. The Morgan fingerprint density at radius 2 is 1.92 bits per heavy atom. The van der Waals surface area contributed by atoms with Crippen LogP contribution in [0.4, 0.5) is 0 Å². The fourth-order valence-electron chi connectivity index (χ4n) is 2.54. The fraction of sp³-hybridized carbons (Fsp3) is 0.294. The van der Waals surface area contributed by atoms with Gasteiger partial charge < -0.3 is 5.32 Å². The van der Waals surface area contributed by atoms with Crippen molar-refractivity contribution in [2.75, 3.05) is 0 Å². The summed E-state index contributed by atoms with van der Waals surface area (Å²) < 4.78 is 1.86. The fourth-order valence-corrected chi connectivity index (χ4v) is 2.54. The van der Waals surface area contributed by atoms with Crippen LogP contribution in [0, 0.1) is 20.8 Å². The molecule has 0 aliphatic heterocycles. The molecule has 1 amide bonds. The van der Waals surface area contributed by atoms with Crippen molar-refractivity contribution < 1.29 is 4.79 Å². The third kappa shape index (κ3) is 3.19. The topological polar surface area (TPSA) is 88.5 Å². The second-order valence-electron chi connectivity index (χ2n) is 5.86. The van der Waals surface area contributed by atoms with Crippen LogP contribution in [0.15, 0.2) is 30.3 Å².